The highest BCUT2D eigenvalue weighted by atomic mass is 32.1. The number of hydrogen-bond acceptors (Lipinski definition) is 9. The van der Waals surface area contributed by atoms with Gasteiger partial charge in [-0.05, 0) is 58.7 Å². The number of aromatic nitrogens is 2. The first-order chi connectivity index (χ1) is 17.2. The van der Waals surface area contributed by atoms with E-state index in [9.17, 15) is 9.59 Å². The number of carbonyl (C=O) groups excluding carboxylic acids is 2. The van der Waals surface area contributed by atoms with Crippen molar-refractivity contribution >= 4 is 45.3 Å². The highest BCUT2D eigenvalue weighted by molar-refractivity contribution is 7.18. The van der Waals surface area contributed by atoms with Crippen LogP contribution in [0.1, 0.15) is 59.5 Å². The van der Waals surface area contributed by atoms with E-state index in [-0.39, 0.29) is 11.9 Å². The number of aryl methyl sites for hydroxylation is 1. The molecule has 9 nitrogen and oxygen atoms in total. The third-order valence-electron chi connectivity index (χ3n) is 6.13. The third kappa shape index (κ3) is 6.03. The normalized spacial score (nSPS) is 14.7. The number of primary amides is 1. The Kier molecular flexibility index (Phi) is 8.22. The number of carbonyl (C=O) groups is 2. The Morgan fingerprint density at radius 1 is 1.25 bits per heavy atom. The minimum atomic E-state index is -0.516. The molecule has 1 aromatic carbocycles. The summed E-state index contributed by atoms with van der Waals surface area (Å²) >= 11 is 2.77. The minimum absolute atomic E-state index is 0.129. The zero-order chi connectivity index (χ0) is 25.8. The molecule has 1 saturated heterocycles. The van der Waals surface area contributed by atoms with E-state index >= 15 is 0 Å². The lowest BCUT2D eigenvalue weighted by molar-refractivity contribution is 0.0899. The highest BCUT2D eigenvalue weighted by Crippen LogP contribution is 2.35. The summed E-state index contributed by atoms with van der Waals surface area (Å²) < 4.78 is 5.67. The molecule has 36 heavy (non-hydrogen) atoms. The summed E-state index contributed by atoms with van der Waals surface area (Å²) in [6.45, 7) is 10.7. The van der Waals surface area contributed by atoms with E-state index < -0.39 is 5.91 Å². The standard InChI is InChI=1S/C25H32N6O3S2/c1-5-34-20-7-6-16(22(26)32)12-18(20)29-25-30-19(13-35-25)21-15(4)27-24(36-21)23(33)28-17-8-10-31(11-9-17)14(2)3/h6-7,12-14,17H,5,8-11H2,1-4H3,(H2,26,32)(H,28,33)(H,29,30). The van der Waals surface area contributed by atoms with Gasteiger partial charge in [-0.15, -0.1) is 22.7 Å². The van der Waals surface area contributed by atoms with Crippen molar-refractivity contribution in [3.8, 4) is 16.3 Å². The van der Waals surface area contributed by atoms with Crippen LogP contribution >= 0.6 is 22.7 Å². The summed E-state index contributed by atoms with van der Waals surface area (Å²) in [7, 11) is 0. The molecule has 0 radical (unpaired) electrons. The van der Waals surface area contributed by atoms with Crippen LogP contribution in [-0.2, 0) is 0 Å². The number of nitrogens with one attached hydrogen (secondary N) is 2. The molecule has 0 spiro atoms. The summed E-state index contributed by atoms with van der Waals surface area (Å²) in [5, 5.41) is 9.39. The van der Waals surface area contributed by atoms with Crippen LogP contribution in [0.5, 0.6) is 5.75 Å². The molecule has 4 N–H and O–H groups in total. The average Bonchev–Trinajstić information content (AvgIpc) is 3.47. The fraction of sp³-hybridized carbons (Fsp3) is 0.440. The molecular formula is C25H32N6O3S2. The van der Waals surface area contributed by atoms with Gasteiger partial charge in [0.2, 0.25) is 5.91 Å². The first kappa shape index (κ1) is 26.1. The van der Waals surface area contributed by atoms with Crippen LogP contribution in [0.4, 0.5) is 10.8 Å². The number of ether oxygens (including phenoxy) is 1. The molecule has 0 aliphatic carbocycles. The SMILES string of the molecule is CCOc1ccc(C(N)=O)cc1Nc1nc(-c2sc(C(=O)NC3CCN(C(C)C)CC3)nc2C)cs1. The predicted molar refractivity (Wildman–Crippen MR) is 145 cm³/mol. The maximum Gasteiger partial charge on any atom is 0.280 e. The molecule has 3 aromatic rings. The number of rotatable bonds is 9. The second-order valence-corrected chi connectivity index (χ2v) is 10.8. The molecule has 2 aromatic heterocycles. The van der Waals surface area contributed by atoms with Gasteiger partial charge in [-0.25, -0.2) is 9.97 Å². The molecule has 1 aliphatic heterocycles. The third-order valence-corrected chi connectivity index (χ3v) is 8.06. The van der Waals surface area contributed by atoms with Crippen molar-refractivity contribution in [1.29, 1.82) is 0 Å². The topological polar surface area (TPSA) is 122 Å². The maximum absolute atomic E-state index is 12.9. The van der Waals surface area contributed by atoms with Crippen LogP contribution in [0.3, 0.4) is 0 Å². The number of anilines is 2. The van der Waals surface area contributed by atoms with Crippen molar-refractivity contribution in [2.45, 2.75) is 52.6 Å². The minimum Gasteiger partial charge on any atom is -0.492 e. The number of nitrogens with two attached hydrogens (primary N) is 1. The summed E-state index contributed by atoms with van der Waals surface area (Å²) in [5.41, 5.74) is 7.93. The Morgan fingerprint density at radius 3 is 2.67 bits per heavy atom. The van der Waals surface area contributed by atoms with Gasteiger partial charge in [-0.3, -0.25) is 9.59 Å². The lowest BCUT2D eigenvalue weighted by Gasteiger charge is -2.34. The summed E-state index contributed by atoms with van der Waals surface area (Å²) in [6.07, 6.45) is 1.89. The Morgan fingerprint density at radius 2 is 2.00 bits per heavy atom. The van der Waals surface area contributed by atoms with Gasteiger partial charge in [-0.2, -0.15) is 0 Å². The fourth-order valence-electron chi connectivity index (χ4n) is 4.15. The quantitative estimate of drug-likeness (QED) is 0.376. The van der Waals surface area contributed by atoms with Gasteiger partial charge < -0.3 is 26.0 Å². The van der Waals surface area contributed by atoms with Gasteiger partial charge >= 0.3 is 0 Å². The average molecular weight is 529 g/mol. The van der Waals surface area contributed by atoms with E-state index in [0.29, 0.717) is 39.8 Å². The van der Waals surface area contributed by atoms with Crippen LogP contribution < -0.4 is 21.1 Å². The monoisotopic (exact) mass is 528 g/mol. The maximum atomic E-state index is 12.9. The van der Waals surface area contributed by atoms with Gasteiger partial charge in [0.1, 0.15) is 5.75 Å². The summed E-state index contributed by atoms with van der Waals surface area (Å²) in [6, 6.07) is 5.70. The lowest BCUT2D eigenvalue weighted by Crippen LogP contribution is -2.46. The number of piperidine rings is 1. The van der Waals surface area contributed by atoms with Gasteiger partial charge in [0.15, 0.2) is 10.1 Å². The predicted octanol–water partition coefficient (Wildman–Crippen LogP) is 4.42. The second kappa shape index (κ2) is 11.4. The van der Waals surface area contributed by atoms with Crippen LogP contribution in [0.25, 0.3) is 10.6 Å². The molecule has 0 unspecified atom stereocenters. The Labute approximate surface area is 219 Å². The van der Waals surface area contributed by atoms with Crippen molar-refractivity contribution in [2.24, 2.45) is 5.73 Å². The number of benzene rings is 1. The van der Waals surface area contributed by atoms with Crippen LogP contribution in [0, 0.1) is 6.92 Å². The lowest BCUT2D eigenvalue weighted by atomic mass is 10.0. The van der Waals surface area contributed by atoms with Crippen LogP contribution in [0.2, 0.25) is 0 Å². The van der Waals surface area contributed by atoms with Crippen LogP contribution in [-0.4, -0.2) is 58.5 Å². The van der Waals surface area contributed by atoms with Crippen molar-refractivity contribution in [3.63, 3.8) is 0 Å². The molecule has 3 heterocycles. The van der Waals surface area contributed by atoms with Crippen molar-refractivity contribution in [2.75, 3.05) is 25.0 Å². The molecule has 0 saturated carbocycles. The van der Waals surface area contributed by atoms with E-state index in [1.807, 2.05) is 19.2 Å². The summed E-state index contributed by atoms with van der Waals surface area (Å²) in [5.74, 6) is -0.0422. The number of hydrogen-bond donors (Lipinski definition) is 3. The molecule has 1 fully saturated rings. The molecule has 1 aliphatic rings. The first-order valence-corrected chi connectivity index (χ1v) is 13.8. The van der Waals surface area contributed by atoms with Gasteiger partial charge in [0.25, 0.3) is 5.91 Å². The molecular weight excluding hydrogens is 496 g/mol. The number of thiazole rings is 2. The van der Waals surface area contributed by atoms with E-state index in [1.54, 1.807) is 18.2 Å². The number of amides is 2. The van der Waals surface area contributed by atoms with E-state index in [1.165, 1.54) is 22.7 Å². The highest BCUT2D eigenvalue weighted by Gasteiger charge is 2.24. The van der Waals surface area contributed by atoms with E-state index in [0.717, 1.165) is 42.2 Å². The van der Waals surface area contributed by atoms with Crippen molar-refractivity contribution < 1.29 is 14.3 Å². The van der Waals surface area contributed by atoms with Gasteiger partial charge in [0.05, 0.1) is 28.6 Å². The molecule has 0 atom stereocenters. The largest absolute Gasteiger partial charge is 0.492 e. The van der Waals surface area contributed by atoms with Crippen LogP contribution in [0.15, 0.2) is 23.6 Å². The zero-order valence-electron chi connectivity index (χ0n) is 21.0. The number of likely N-dealkylation sites (tertiary alicyclic amines) is 1. The van der Waals surface area contributed by atoms with Gasteiger partial charge in [0, 0.05) is 36.1 Å². The molecule has 4 rings (SSSR count). The van der Waals surface area contributed by atoms with Crippen molar-refractivity contribution in [3.05, 3.63) is 39.8 Å². The zero-order valence-corrected chi connectivity index (χ0v) is 22.6. The molecule has 0 bridgehead atoms. The van der Waals surface area contributed by atoms with E-state index in [2.05, 4.69) is 34.4 Å². The molecule has 2 amide bonds. The van der Waals surface area contributed by atoms with E-state index in [4.69, 9.17) is 15.5 Å². The Bertz CT molecular complexity index is 1230. The fourth-order valence-corrected chi connectivity index (χ4v) is 5.87. The first-order valence-electron chi connectivity index (χ1n) is 12.1. The summed E-state index contributed by atoms with van der Waals surface area (Å²) in [4.78, 5) is 37.0. The second-order valence-electron chi connectivity index (χ2n) is 8.98. The smallest absolute Gasteiger partial charge is 0.280 e. The van der Waals surface area contributed by atoms with Gasteiger partial charge in [-0.1, -0.05) is 0 Å². The molecule has 11 heteroatoms. The number of nitrogens with zero attached hydrogens (tertiary/aromatic N) is 3. The Hall–Kier alpha value is -3.02. The van der Waals surface area contributed by atoms with Crippen molar-refractivity contribution in [1.82, 2.24) is 20.2 Å². The Balaban J connectivity index is 1.46. The molecule has 192 valence electrons.